The Balaban J connectivity index is 1.65. The van der Waals surface area contributed by atoms with Gasteiger partial charge in [-0.15, -0.1) is 0 Å². The van der Waals surface area contributed by atoms with E-state index in [0.717, 1.165) is 29.5 Å². The maximum absolute atomic E-state index is 13.0. The average Bonchev–Trinajstić information content (AvgIpc) is 2.65. The van der Waals surface area contributed by atoms with Gasteiger partial charge in [0.2, 0.25) is 6.86 Å². The van der Waals surface area contributed by atoms with Crippen LogP contribution in [-0.4, -0.2) is 35.9 Å². The molecule has 4 nitrogen and oxygen atoms in total. The molecule has 1 heterocycles. The van der Waals surface area contributed by atoms with Crippen LogP contribution in [0.25, 0.3) is 0 Å². The minimum atomic E-state index is -0.921. The van der Waals surface area contributed by atoms with Crippen molar-refractivity contribution in [3.05, 3.63) is 63.7 Å². The van der Waals surface area contributed by atoms with Crippen molar-refractivity contribution < 1.29 is 24.1 Å². The van der Waals surface area contributed by atoms with E-state index < -0.39 is 25.2 Å². The van der Waals surface area contributed by atoms with Crippen LogP contribution in [0.1, 0.15) is 52.3 Å². The predicted molar refractivity (Wildman–Crippen MR) is 104 cm³/mol. The van der Waals surface area contributed by atoms with Crippen molar-refractivity contribution >= 4 is 0 Å². The molecule has 150 valence electrons. The highest BCUT2D eigenvalue weighted by molar-refractivity contribution is 5.47. The minimum Gasteiger partial charge on any atom is -0.463 e. The van der Waals surface area contributed by atoms with Gasteiger partial charge >= 0.3 is 0 Å². The van der Waals surface area contributed by atoms with E-state index in [1.807, 2.05) is 19.1 Å². The number of aliphatic hydroxyl groups excluding tert-OH is 2. The highest BCUT2D eigenvalue weighted by atomic mass is 19.1. The van der Waals surface area contributed by atoms with Gasteiger partial charge in [0.1, 0.15) is 5.75 Å². The Morgan fingerprint density at radius 1 is 1.14 bits per heavy atom. The normalized spacial score (nSPS) is 23.8. The van der Waals surface area contributed by atoms with Crippen molar-refractivity contribution in [3.63, 3.8) is 0 Å². The number of alkyl halides is 1. The lowest BCUT2D eigenvalue weighted by atomic mass is 9.85. The molecular weight excluding hydrogens is 359 g/mol. The first-order chi connectivity index (χ1) is 13.6. The van der Waals surface area contributed by atoms with Gasteiger partial charge in [0, 0.05) is 18.4 Å². The molecule has 0 saturated carbocycles. The highest BCUT2D eigenvalue weighted by Crippen LogP contribution is 2.38. The molecule has 2 aromatic rings. The zero-order valence-electron chi connectivity index (χ0n) is 16.2. The molecule has 28 heavy (non-hydrogen) atoms. The van der Waals surface area contributed by atoms with Crippen LogP contribution < -0.4 is 4.74 Å². The van der Waals surface area contributed by atoms with Crippen LogP contribution in [0.2, 0.25) is 0 Å². The molecule has 1 aliphatic heterocycles. The number of fused-ring (bicyclic) bond motifs is 1. The topological polar surface area (TPSA) is 58.9 Å². The Bertz CT molecular complexity index is 851. The van der Waals surface area contributed by atoms with E-state index in [1.54, 1.807) is 0 Å². The van der Waals surface area contributed by atoms with Gasteiger partial charge in [-0.05, 0) is 66.1 Å². The van der Waals surface area contributed by atoms with Gasteiger partial charge in [0.05, 0.1) is 24.9 Å². The quantitative estimate of drug-likeness (QED) is 0.797. The van der Waals surface area contributed by atoms with Gasteiger partial charge in [0.15, 0.2) is 0 Å². The zero-order valence-corrected chi connectivity index (χ0v) is 16.2. The molecule has 3 atom stereocenters. The summed E-state index contributed by atoms with van der Waals surface area (Å²) in [5.74, 6) is 0.441. The summed E-state index contributed by atoms with van der Waals surface area (Å²) in [4.78, 5) is 0. The number of benzene rings is 2. The number of hydrogen-bond acceptors (Lipinski definition) is 4. The van der Waals surface area contributed by atoms with Gasteiger partial charge in [0.25, 0.3) is 0 Å². The van der Waals surface area contributed by atoms with Crippen LogP contribution >= 0.6 is 0 Å². The lowest BCUT2D eigenvalue weighted by molar-refractivity contribution is -0.114. The fourth-order valence-electron chi connectivity index (χ4n) is 4.26. The van der Waals surface area contributed by atoms with Crippen molar-refractivity contribution in [2.45, 2.75) is 57.3 Å². The van der Waals surface area contributed by atoms with Crippen molar-refractivity contribution in [3.8, 4) is 5.75 Å². The summed E-state index contributed by atoms with van der Waals surface area (Å²) in [6.45, 7) is 0.925. The Labute approximate surface area is 164 Å². The van der Waals surface area contributed by atoms with Crippen LogP contribution in [0.4, 0.5) is 4.39 Å². The first kappa shape index (κ1) is 19.4. The number of aryl methyl sites for hydroxylation is 3. The predicted octanol–water partition coefficient (Wildman–Crippen LogP) is 3.56. The second-order valence-electron chi connectivity index (χ2n) is 7.90. The van der Waals surface area contributed by atoms with Crippen LogP contribution in [0.3, 0.4) is 0 Å². The zero-order chi connectivity index (χ0) is 19.7. The number of hydrogen-bond donors (Lipinski definition) is 2. The summed E-state index contributed by atoms with van der Waals surface area (Å²) in [5, 5.41) is 19.6. The third-order valence-electron chi connectivity index (χ3n) is 5.94. The summed E-state index contributed by atoms with van der Waals surface area (Å²) in [5.41, 5.74) is 7.02. The van der Waals surface area contributed by atoms with Gasteiger partial charge in [-0.1, -0.05) is 18.2 Å². The smallest absolute Gasteiger partial charge is 0.228 e. The summed E-state index contributed by atoms with van der Waals surface area (Å²) < 4.78 is 24.2. The molecule has 2 aromatic carbocycles. The standard InChI is InChI=1S/C23H27FO4/c1-14-6-22(27-13-24)21(23-11-19(26)10-20(12-25)28-23)9-18(14)8-15-2-3-16-4-5-17(16)7-15/h2-3,6-7,9,19-20,23,25-26H,4-5,8,10-13H2,1H3. The lowest BCUT2D eigenvalue weighted by Gasteiger charge is -2.33. The van der Waals surface area contributed by atoms with Crippen molar-refractivity contribution in [1.82, 2.24) is 0 Å². The van der Waals surface area contributed by atoms with Crippen LogP contribution in [0, 0.1) is 6.92 Å². The lowest BCUT2D eigenvalue weighted by Crippen LogP contribution is -2.33. The van der Waals surface area contributed by atoms with Gasteiger partial charge in [-0.2, -0.15) is 0 Å². The first-order valence-corrected chi connectivity index (χ1v) is 9.94. The molecule has 0 spiro atoms. The van der Waals surface area contributed by atoms with E-state index in [1.165, 1.54) is 23.1 Å². The molecule has 0 bridgehead atoms. The Hall–Kier alpha value is -1.95. The molecule has 5 heteroatoms. The van der Waals surface area contributed by atoms with Crippen molar-refractivity contribution in [1.29, 1.82) is 0 Å². The van der Waals surface area contributed by atoms with Crippen molar-refractivity contribution in [2.75, 3.05) is 13.5 Å². The molecule has 4 rings (SSSR count). The molecular formula is C23H27FO4. The van der Waals surface area contributed by atoms with E-state index in [0.29, 0.717) is 18.6 Å². The Morgan fingerprint density at radius 3 is 2.64 bits per heavy atom. The van der Waals surface area contributed by atoms with Gasteiger partial charge in [-0.25, -0.2) is 4.39 Å². The molecule has 2 aliphatic rings. The molecule has 3 unspecified atom stereocenters. The summed E-state index contributed by atoms with van der Waals surface area (Å²) in [6.07, 6.45) is 2.48. The summed E-state index contributed by atoms with van der Waals surface area (Å²) in [7, 11) is 0. The molecule has 1 aliphatic carbocycles. The third-order valence-corrected chi connectivity index (χ3v) is 5.94. The van der Waals surface area contributed by atoms with E-state index in [-0.39, 0.29) is 6.61 Å². The molecule has 0 amide bonds. The summed E-state index contributed by atoms with van der Waals surface area (Å²) >= 11 is 0. The minimum absolute atomic E-state index is 0.152. The van der Waals surface area contributed by atoms with Gasteiger partial charge < -0.3 is 19.7 Å². The van der Waals surface area contributed by atoms with Crippen LogP contribution in [-0.2, 0) is 24.0 Å². The monoisotopic (exact) mass is 386 g/mol. The van der Waals surface area contributed by atoms with Crippen molar-refractivity contribution in [2.24, 2.45) is 0 Å². The second-order valence-corrected chi connectivity index (χ2v) is 7.90. The van der Waals surface area contributed by atoms with E-state index in [9.17, 15) is 14.6 Å². The van der Waals surface area contributed by atoms with E-state index in [2.05, 4.69) is 18.2 Å². The number of rotatable bonds is 6. The number of aliphatic hydroxyl groups is 2. The third kappa shape index (κ3) is 3.93. The Kier molecular flexibility index (Phi) is 5.67. The van der Waals surface area contributed by atoms with E-state index in [4.69, 9.17) is 9.47 Å². The molecule has 2 N–H and O–H groups in total. The van der Waals surface area contributed by atoms with Gasteiger partial charge in [-0.3, -0.25) is 0 Å². The van der Waals surface area contributed by atoms with Crippen LogP contribution in [0.15, 0.2) is 30.3 Å². The maximum atomic E-state index is 13.0. The fourth-order valence-corrected chi connectivity index (χ4v) is 4.26. The molecule has 0 aromatic heterocycles. The fraction of sp³-hybridized carbons (Fsp3) is 0.478. The molecule has 0 radical (unpaired) electrons. The second kappa shape index (κ2) is 8.19. The summed E-state index contributed by atoms with van der Waals surface area (Å²) in [6, 6.07) is 10.5. The Morgan fingerprint density at radius 2 is 1.96 bits per heavy atom. The number of ether oxygens (including phenoxy) is 2. The number of halogens is 1. The first-order valence-electron chi connectivity index (χ1n) is 9.94. The maximum Gasteiger partial charge on any atom is 0.228 e. The van der Waals surface area contributed by atoms with E-state index >= 15 is 0 Å². The average molecular weight is 386 g/mol. The largest absolute Gasteiger partial charge is 0.463 e. The molecule has 1 fully saturated rings. The highest BCUT2D eigenvalue weighted by Gasteiger charge is 2.31. The SMILES string of the molecule is Cc1cc(OCF)c(C2CC(O)CC(CO)O2)cc1Cc1ccc2c(c1)CC2. The van der Waals surface area contributed by atoms with Crippen LogP contribution in [0.5, 0.6) is 5.75 Å². The molecule has 1 saturated heterocycles.